The number of carbonyl (C=O) groups excluding carboxylic acids is 1. The normalized spacial score (nSPS) is 12.4. The van der Waals surface area contributed by atoms with E-state index in [0.29, 0.717) is 17.3 Å². The molecule has 1 unspecified atom stereocenters. The Morgan fingerprint density at radius 2 is 2.12 bits per heavy atom. The van der Waals surface area contributed by atoms with Crippen LogP contribution in [0, 0.1) is 5.92 Å². The summed E-state index contributed by atoms with van der Waals surface area (Å²) in [6, 6.07) is 3.52. The van der Waals surface area contributed by atoms with Crippen LogP contribution in [0.1, 0.15) is 31.1 Å². The van der Waals surface area contributed by atoms with Gasteiger partial charge in [0.05, 0.1) is 0 Å². The predicted octanol–water partition coefficient (Wildman–Crippen LogP) is 1.48. The van der Waals surface area contributed by atoms with Gasteiger partial charge in [0, 0.05) is 24.8 Å². The molecule has 1 aromatic rings. The quantitative estimate of drug-likeness (QED) is 0.613. The van der Waals surface area contributed by atoms with Crippen LogP contribution in [-0.4, -0.2) is 28.9 Å². The number of rotatable bonds is 4. The molecule has 1 amide bonds. The van der Waals surface area contributed by atoms with Crippen molar-refractivity contribution >= 4 is 11.7 Å². The van der Waals surface area contributed by atoms with Gasteiger partial charge in [-0.15, -0.1) is 0 Å². The molecule has 0 aliphatic carbocycles. The highest BCUT2D eigenvalue weighted by Crippen LogP contribution is 2.13. The van der Waals surface area contributed by atoms with Crippen LogP contribution in [0.2, 0.25) is 0 Å². The molecule has 0 fully saturated rings. The summed E-state index contributed by atoms with van der Waals surface area (Å²) in [5.41, 5.74) is 3.02. The minimum atomic E-state index is -0.0231. The summed E-state index contributed by atoms with van der Waals surface area (Å²) in [5.74, 6) is 6.14. The van der Waals surface area contributed by atoms with Crippen LogP contribution in [0.3, 0.4) is 0 Å². The van der Waals surface area contributed by atoms with Gasteiger partial charge in [-0.05, 0) is 25.0 Å². The number of nitrogens with two attached hydrogens (primary N) is 1. The van der Waals surface area contributed by atoms with E-state index >= 15 is 0 Å². The Hall–Kier alpha value is -1.62. The van der Waals surface area contributed by atoms with Crippen molar-refractivity contribution in [3.05, 3.63) is 23.9 Å². The van der Waals surface area contributed by atoms with Crippen LogP contribution in [0.4, 0.5) is 5.82 Å². The fraction of sp³-hybridized carbons (Fsp3) is 0.500. The Morgan fingerprint density at radius 3 is 2.65 bits per heavy atom. The molecule has 3 N–H and O–H groups in total. The van der Waals surface area contributed by atoms with E-state index in [2.05, 4.69) is 24.3 Å². The van der Waals surface area contributed by atoms with Crippen molar-refractivity contribution in [1.29, 1.82) is 0 Å². The van der Waals surface area contributed by atoms with Crippen molar-refractivity contribution < 1.29 is 4.79 Å². The second kappa shape index (κ2) is 5.63. The standard InChI is InChI=1S/C12H20N4O/c1-8(2)9(3)16(4)12(17)10-5-6-14-11(7-10)15-13/h5-9H,13H2,1-4H3,(H,14,15). The summed E-state index contributed by atoms with van der Waals surface area (Å²) >= 11 is 0. The van der Waals surface area contributed by atoms with Gasteiger partial charge in [-0.25, -0.2) is 10.8 Å². The fourth-order valence-corrected chi connectivity index (χ4v) is 1.48. The lowest BCUT2D eigenvalue weighted by Crippen LogP contribution is -2.38. The Morgan fingerprint density at radius 1 is 1.47 bits per heavy atom. The number of nitrogen functional groups attached to an aromatic ring is 1. The highest BCUT2D eigenvalue weighted by atomic mass is 16.2. The topological polar surface area (TPSA) is 71.2 Å². The summed E-state index contributed by atoms with van der Waals surface area (Å²) < 4.78 is 0. The SMILES string of the molecule is CC(C)C(C)N(C)C(=O)c1ccnc(NN)c1. The second-order valence-electron chi connectivity index (χ2n) is 4.47. The van der Waals surface area contributed by atoms with Gasteiger partial charge in [0.1, 0.15) is 5.82 Å². The number of anilines is 1. The first-order valence-electron chi connectivity index (χ1n) is 5.67. The smallest absolute Gasteiger partial charge is 0.254 e. The second-order valence-corrected chi connectivity index (χ2v) is 4.47. The van der Waals surface area contributed by atoms with E-state index in [9.17, 15) is 4.79 Å². The van der Waals surface area contributed by atoms with Crippen molar-refractivity contribution in [2.75, 3.05) is 12.5 Å². The van der Waals surface area contributed by atoms with Crippen molar-refractivity contribution in [3.8, 4) is 0 Å². The first kappa shape index (κ1) is 13.4. The molecule has 1 rings (SSSR count). The molecule has 1 atom stereocenters. The van der Waals surface area contributed by atoms with Crippen LogP contribution in [0.15, 0.2) is 18.3 Å². The summed E-state index contributed by atoms with van der Waals surface area (Å²) in [4.78, 5) is 17.9. The highest BCUT2D eigenvalue weighted by molar-refractivity contribution is 5.94. The van der Waals surface area contributed by atoms with E-state index in [1.807, 2.05) is 14.0 Å². The third-order valence-electron chi connectivity index (χ3n) is 3.05. The first-order chi connectivity index (χ1) is 7.97. The number of aromatic nitrogens is 1. The van der Waals surface area contributed by atoms with Crippen molar-refractivity contribution in [2.24, 2.45) is 11.8 Å². The minimum Gasteiger partial charge on any atom is -0.339 e. The molecule has 1 heterocycles. The van der Waals surface area contributed by atoms with Gasteiger partial charge >= 0.3 is 0 Å². The van der Waals surface area contributed by atoms with E-state index in [1.54, 1.807) is 23.2 Å². The molecular weight excluding hydrogens is 216 g/mol. The molecule has 0 saturated carbocycles. The first-order valence-corrected chi connectivity index (χ1v) is 5.67. The zero-order valence-corrected chi connectivity index (χ0v) is 10.8. The zero-order chi connectivity index (χ0) is 13.0. The summed E-state index contributed by atoms with van der Waals surface area (Å²) in [5, 5.41) is 0. The maximum Gasteiger partial charge on any atom is 0.254 e. The predicted molar refractivity (Wildman–Crippen MR) is 68.4 cm³/mol. The molecule has 0 spiro atoms. The van der Waals surface area contributed by atoms with E-state index in [1.165, 1.54) is 0 Å². The van der Waals surface area contributed by atoms with Crippen LogP contribution < -0.4 is 11.3 Å². The molecule has 0 aromatic carbocycles. The molecule has 5 nitrogen and oxygen atoms in total. The Kier molecular flexibility index (Phi) is 4.45. The number of carbonyl (C=O) groups is 1. The van der Waals surface area contributed by atoms with Crippen molar-refractivity contribution in [2.45, 2.75) is 26.8 Å². The summed E-state index contributed by atoms with van der Waals surface area (Å²) in [7, 11) is 1.81. The van der Waals surface area contributed by atoms with Gasteiger partial charge in [0.25, 0.3) is 5.91 Å². The fourth-order valence-electron chi connectivity index (χ4n) is 1.48. The van der Waals surface area contributed by atoms with E-state index in [0.717, 1.165) is 0 Å². The Balaban J connectivity index is 2.88. The third-order valence-corrected chi connectivity index (χ3v) is 3.05. The molecule has 0 saturated heterocycles. The number of pyridine rings is 1. The number of amides is 1. The van der Waals surface area contributed by atoms with Gasteiger partial charge in [-0.2, -0.15) is 0 Å². The van der Waals surface area contributed by atoms with E-state index < -0.39 is 0 Å². The minimum absolute atomic E-state index is 0.0231. The number of hydrogen-bond acceptors (Lipinski definition) is 4. The summed E-state index contributed by atoms with van der Waals surface area (Å²) in [6.07, 6.45) is 1.57. The lowest BCUT2D eigenvalue weighted by molar-refractivity contribution is 0.0707. The lowest BCUT2D eigenvalue weighted by Gasteiger charge is -2.28. The molecule has 0 aliphatic rings. The Labute approximate surface area is 102 Å². The maximum atomic E-state index is 12.2. The van der Waals surface area contributed by atoms with Gasteiger partial charge in [-0.3, -0.25) is 4.79 Å². The highest BCUT2D eigenvalue weighted by Gasteiger charge is 2.20. The molecule has 1 aromatic heterocycles. The van der Waals surface area contributed by atoms with Crippen molar-refractivity contribution in [1.82, 2.24) is 9.88 Å². The third kappa shape index (κ3) is 3.17. The molecular formula is C12H20N4O. The van der Waals surface area contributed by atoms with Crippen LogP contribution in [-0.2, 0) is 0 Å². The average Bonchev–Trinajstić information content (AvgIpc) is 2.36. The van der Waals surface area contributed by atoms with E-state index in [-0.39, 0.29) is 11.9 Å². The molecule has 17 heavy (non-hydrogen) atoms. The number of hydrazine groups is 1. The van der Waals surface area contributed by atoms with Crippen LogP contribution >= 0.6 is 0 Å². The zero-order valence-electron chi connectivity index (χ0n) is 10.8. The molecule has 0 radical (unpaired) electrons. The number of nitrogens with one attached hydrogen (secondary N) is 1. The molecule has 5 heteroatoms. The van der Waals surface area contributed by atoms with Crippen molar-refractivity contribution in [3.63, 3.8) is 0 Å². The number of nitrogens with zero attached hydrogens (tertiary/aromatic N) is 2. The summed E-state index contributed by atoms with van der Waals surface area (Å²) in [6.45, 7) is 6.22. The van der Waals surface area contributed by atoms with E-state index in [4.69, 9.17) is 5.84 Å². The lowest BCUT2D eigenvalue weighted by atomic mass is 10.0. The van der Waals surface area contributed by atoms with Gasteiger partial charge < -0.3 is 10.3 Å². The van der Waals surface area contributed by atoms with Gasteiger partial charge in [0.15, 0.2) is 0 Å². The molecule has 94 valence electrons. The number of hydrogen-bond donors (Lipinski definition) is 2. The van der Waals surface area contributed by atoms with Crippen LogP contribution in [0.5, 0.6) is 0 Å². The molecule has 0 bridgehead atoms. The monoisotopic (exact) mass is 236 g/mol. The molecule has 0 aliphatic heterocycles. The Bertz CT molecular complexity index is 392. The van der Waals surface area contributed by atoms with Gasteiger partial charge in [-0.1, -0.05) is 13.8 Å². The maximum absolute atomic E-state index is 12.2. The average molecular weight is 236 g/mol. The van der Waals surface area contributed by atoms with Crippen LogP contribution in [0.25, 0.3) is 0 Å². The van der Waals surface area contributed by atoms with Gasteiger partial charge in [0.2, 0.25) is 0 Å². The largest absolute Gasteiger partial charge is 0.339 e.